The maximum Gasteiger partial charge on any atom is 0.142 e. The van der Waals surface area contributed by atoms with Crippen molar-refractivity contribution in [2.45, 2.75) is 13.5 Å². The molecule has 0 saturated heterocycles. The van der Waals surface area contributed by atoms with Gasteiger partial charge >= 0.3 is 0 Å². The van der Waals surface area contributed by atoms with E-state index in [1.54, 1.807) is 12.1 Å². The summed E-state index contributed by atoms with van der Waals surface area (Å²) in [6, 6.07) is 14.9. The monoisotopic (exact) mass is 345 g/mol. The van der Waals surface area contributed by atoms with Gasteiger partial charge in [0.2, 0.25) is 0 Å². The molecule has 0 fully saturated rings. The van der Waals surface area contributed by atoms with Crippen LogP contribution in [-0.2, 0) is 6.54 Å². The van der Waals surface area contributed by atoms with Crippen molar-refractivity contribution < 1.29 is 4.39 Å². The van der Waals surface area contributed by atoms with Crippen molar-refractivity contribution in [3.05, 3.63) is 95.9 Å². The van der Waals surface area contributed by atoms with E-state index >= 15 is 0 Å². The smallest absolute Gasteiger partial charge is 0.142 e. The summed E-state index contributed by atoms with van der Waals surface area (Å²) in [5.74, 6) is 0.571. The predicted molar refractivity (Wildman–Crippen MR) is 104 cm³/mol. The minimum Gasteiger partial charge on any atom is -0.351 e. The van der Waals surface area contributed by atoms with Gasteiger partial charge in [-0.25, -0.2) is 9.37 Å². The van der Waals surface area contributed by atoms with E-state index in [4.69, 9.17) is 4.98 Å². The Balaban J connectivity index is 1.90. The highest BCUT2D eigenvalue weighted by Crippen LogP contribution is 2.30. The fourth-order valence-corrected chi connectivity index (χ4v) is 3.28. The molecule has 1 aromatic heterocycles. The van der Waals surface area contributed by atoms with E-state index < -0.39 is 0 Å². The molecule has 26 heavy (non-hydrogen) atoms. The summed E-state index contributed by atoms with van der Waals surface area (Å²) in [6.07, 6.45) is 4.11. The van der Waals surface area contributed by atoms with Crippen molar-refractivity contribution in [1.29, 1.82) is 0 Å². The maximum atomic E-state index is 13.9. The lowest BCUT2D eigenvalue weighted by molar-refractivity contribution is 0.577. The molecule has 1 aliphatic heterocycles. The van der Waals surface area contributed by atoms with E-state index in [1.807, 2.05) is 43.3 Å². The second kappa shape index (κ2) is 6.30. The van der Waals surface area contributed by atoms with Crippen LogP contribution >= 0.6 is 0 Å². The van der Waals surface area contributed by atoms with E-state index in [2.05, 4.69) is 29.4 Å². The van der Waals surface area contributed by atoms with E-state index in [0.29, 0.717) is 6.54 Å². The normalized spacial score (nSPS) is 14.6. The van der Waals surface area contributed by atoms with E-state index in [0.717, 1.165) is 39.3 Å². The Labute approximate surface area is 152 Å². The highest BCUT2D eigenvalue weighted by atomic mass is 19.1. The van der Waals surface area contributed by atoms with Crippen LogP contribution in [0.1, 0.15) is 18.3 Å². The molecule has 0 spiro atoms. The number of hydrogen-bond donors (Lipinski definition) is 0. The minimum absolute atomic E-state index is 0.256. The van der Waals surface area contributed by atoms with Gasteiger partial charge in [0, 0.05) is 31.1 Å². The lowest BCUT2D eigenvalue weighted by atomic mass is 10.1. The van der Waals surface area contributed by atoms with Crippen LogP contribution in [0, 0.1) is 5.82 Å². The van der Waals surface area contributed by atoms with Crippen LogP contribution < -0.4 is 0 Å². The number of fused-ring (bicyclic) bond motifs is 1. The number of benzene rings is 2. The summed E-state index contributed by atoms with van der Waals surface area (Å²) in [7, 11) is 1.97. The molecule has 2 heterocycles. The fraction of sp³-hybridized carbons (Fsp3) is 0.136. The van der Waals surface area contributed by atoms with Crippen LogP contribution in [0.2, 0.25) is 0 Å². The third-order valence-electron chi connectivity index (χ3n) is 4.74. The molecule has 4 rings (SSSR count). The third-order valence-corrected chi connectivity index (χ3v) is 4.74. The average molecular weight is 345 g/mol. The van der Waals surface area contributed by atoms with Crippen LogP contribution in [0.3, 0.4) is 0 Å². The molecule has 0 unspecified atom stereocenters. The Morgan fingerprint density at radius 2 is 1.88 bits per heavy atom. The van der Waals surface area contributed by atoms with E-state index in [9.17, 15) is 4.39 Å². The largest absolute Gasteiger partial charge is 0.351 e. The topological polar surface area (TPSA) is 21.1 Å². The minimum atomic E-state index is -0.256. The first kappa shape index (κ1) is 16.3. The quantitative estimate of drug-likeness (QED) is 0.668. The zero-order chi connectivity index (χ0) is 18.3. The van der Waals surface area contributed by atoms with Crippen molar-refractivity contribution in [2.75, 3.05) is 7.05 Å². The first-order valence-electron chi connectivity index (χ1n) is 8.55. The van der Waals surface area contributed by atoms with Gasteiger partial charge in [-0.3, -0.25) is 0 Å². The number of likely N-dealkylation sites (N-methyl/N-ethyl adjacent to an activating group) is 1. The standard InChI is InChI=1S/C22H20FN3/c1-15-11-18(14-25(3)16(15)2)22-24-20-10-9-19(23)12-21(20)26(22)13-17-7-5-4-6-8-17/h4-12,14H,2,13H2,1,3H3. The molecule has 0 atom stereocenters. The molecule has 3 nitrogen and oxygen atoms in total. The van der Waals surface area contributed by atoms with Gasteiger partial charge in [-0.1, -0.05) is 36.9 Å². The van der Waals surface area contributed by atoms with Crippen LogP contribution in [0.5, 0.6) is 0 Å². The van der Waals surface area contributed by atoms with Crippen molar-refractivity contribution in [2.24, 2.45) is 0 Å². The molecule has 0 radical (unpaired) electrons. The lowest BCUT2D eigenvalue weighted by Crippen LogP contribution is -2.16. The van der Waals surface area contributed by atoms with Crippen molar-refractivity contribution in [3.63, 3.8) is 0 Å². The lowest BCUT2D eigenvalue weighted by Gasteiger charge is -2.24. The highest BCUT2D eigenvalue weighted by Gasteiger charge is 2.18. The summed E-state index contributed by atoms with van der Waals surface area (Å²) >= 11 is 0. The van der Waals surface area contributed by atoms with Gasteiger partial charge < -0.3 is 9.47 Å². The predicted octanol–water partition coefficient (Wildman–Crippen LogP) is 4.97. The number of rotatable bonds is 3. The van der Waals surface area contributed by atoms with Gasteiger partial charge in [0.15, 0.2) is 0 Å². The Kier molecular flexibility index (Phi) is 3.96. The maximum absolute atomic E-state index is 13.9. The molecule has 0 aliphatic carbocycles. The molecular weight excluding hydrogens is 325 g/mol. The van der Waals surface area contributed by atoms with Gasteiger partial charge in [-0.2, -0.15) is 0 Å². The molecule has 0 bridgehead atoms. The van der Waals surface area contributed by atoms with Crippen molar-refractivity contribution in [3.8, 4) is 0 Å². The Bertz CT molecular complexity index is 1060. The second-order valence-corrected chi connectivity index (χ2v) is 6.61. The summed E-state index contributed by atoms with van der Waals surface area (Å²) < 4.78 is 16.0. The van der Waals surface area contributed by atoms with Gasteiger partial charge in [0.1, 0.15) is 11.6 Å². The zero-order valence-corrected chi connectivity index (χ0v) is 14.9. The first-order chi connectivity index (χ1) is 12.5. The van der Waals surface area contributed by atoms with Gasteiger partial charge in [-0.05, 0) is 42.3 Å². The van der Waals surface area contributed by atoms with Crippen LogP contribution in [0.4, 0.5) is 4.39 Å². The molecule has 3 aromatic rings. The molecule has 1 aliphatic rings. The molecular formula is C22H20FN3. The number of halogens is 1. The molecule has 130 valence electrons. The van der Waals surface area contributed by atoms with E-state index in [-0.39, 0.29) is 5.82 Å². The summed E-state index contributed by atoms with van der Waals surface area (Å²) in [5, 5.41) is 0. The Hall–Kier alpha value is -3.14. The number of aromatic nitrogens is 2. The van der Waals surface area contributed by atoms with Crippen molar-refractivity contribution in [1.82, 2.24) is 14.5 Å². The van der Waals surface area contributed by atoms with Crippen molar-refractivity contribution >= 4 is 16.6 Å². The third kappa shape index (κ3) is 2.84. The molecule has 0 saturated carbocycles. The van der Waals surface area contributed by atoms with Crippen LogP contribution in [0.15, 0.2) is 78.7 Å². The molecule has 4 heteroatoms. The second-order valence-electron chi connectivity index (χ2n) is 6.61. The highest BCUT2D eigenvalue weighted by molar-refractivity contribution is 5.83. The van der Waals surface area contributed by atoms with E-state index in [1.165, 1.54) is 6.07 Å². The average Bonchev–Trinajstić information content (AvgIpc) is 2.98. The van der Waals surface area contributed by atoms with Crippen LogP contribution in [-0.4, -0.2) is 21.5 Å². The van der Waals surface area contributed by atoms with Gasteiger partial charge in [-0.15, -0.1) is 0 Å². The Morgan fingerprint density at radius 1 is 1.12 bits per heavy atom. The fourth-order valence-electron chi connectivity index (χ4n) is 3.28. The van der Waals surface area contributed by atoms with Gasteiger partial charge in [0.25, 0.3) is 0 Å². The Morgan fingerprint density at radius 3 is 2.62 bits per heavy atom. The first-order valence-corrected chi connectivity index (χ1v) is 8.55. The number of allylic oxidation sites excluding steroid dienone is 3. The number of imidazole rings is 1. The molecule has 0 N–H and O–H groups in total. The van der Waals surface area contributed by atoms with Crippen LogP contribution in [0.25, 0.3) is 16.6 Å². The summed E-state index contributed by atoms with van der Waals surface area (Å²) in [5.41, 5.74) is 5.77. The number of hydrogen-bond acceptors (Lipinski definition) is 2. The number of nitrogens with zero attached hydrogens (tertiary/aromatic N) is 3. The summed E-state index contributed by atoms with van der Waals surface area (Å²) in [4.78, 5) is 6.79. The van der Waals surface area contributed by atoms with Gasteiger partial charge in [0.05, 0.1) is 11.0 Å². The molecule has 2 aromatic carbocycles. The SMILES string of the molecule is C=C1C(C)=CC(c2nc3ccc(F)cc3n2Cc2ccccc2)=CN1C. The summed E-state index contributed by atoms with van der Waals surface area (Å²) in [6.45, 7) is 6.75. The zero-order valence-electron chi connectivity index (χ0n) is 14.9. The molecule has 0 amide bonds.